The lowest BCUT2D eigenvalue weighted by molar-refractivity contribution is -0.140. The first-order valence-corrected chi connectivity index (χ1v) is 11.2. The quantitative estimate of drug-likeness (QED) is 0.268. The zero-order chi connectivity index (χ0) is 27.6. The number of halogens is 7. The summed E-state index contributed by atoms with van der Waals surface area (Å²) in [6, 6.07) is 19.2. The van der Waals surface area contributed by atoms with Crippen molar-refractivity contribution in [3.8, 4) is 0 Å². The number of carbonyl (C=O) groups is 1. The molecule has 1 heterocycles. The zero-order valence-electron chi connectivity index (χ0n) is 19.4. The summed E-state index contributed by atoms with van der Waals surface area (Å²) in [6.45, 7) is 0. The average Bonchev–Trinajstić information content (AvgIpc) is 2.88. The van der Waals surface area contributed by atoms with Gasteiger partial charge in [-0.3, -0.25) is 9.78 Å². The van der Waals surface area contributed by atoms with E-state index in [1.165, 1.54) is 24.4 Å². The molecule has 0 spiro atoms. The van der Waals surface area contributed by atoms with Gasteiger partial charge in [-0.15, -0.1) is 0 Å². The Hall–Kier alpha value is -4.21. The van der Waals surface area contributed by atoms with E-state index in [2.05, 4.69) is 10.3 Å². The summed E-state index contributed by atoms with van der Waals surface area (Å²) < 4.78 is 94.8. The van der Waals surface area contributed by atoms with E-state index >= 15 is 0 Å². The summed E-state index contributed by atoms with van der Waals surface area (Å²) in [5.41, 5.74) is -4.15. The molecule has 4 rings (SSSR count). The van der Waals surface area contributed by atoms with Crippen LogP contribution in [0.1, 0.15) is 38.3 Å². The predicted octanol–water partition coefficient (Wildman–Crippen LogP) is 7.17. The molecular weight excluding hydrogens is 513 g/mol. The molecule has 10 heteroatoms. The van der Waals surface area contributed by atoms with Crippen LogP contribution >= 0.6 is 0 Å². The van der Waals surface area contributed by atoms with E-state index in [-0.39, 0.29) is 17.7 Å². The van der Waals surface area contributed by atoms with Gasteiger partial charge >= 0.3 is 12.4 Å². The summed E-state index contributed by atoms with van der Waals surface area (Å²) in [4.78, 5) is 17.7. The van der Waals surface area contributed by atoms with Crippen molar-refractivity contribution in [2.45, 2.75) is 24.3 Å². The first-order chi connectivity index (χ1) is 17.9. The van der Waals surface area contributed by atoms with E-state index < -0.39 is 46.3 Å². The minimum atomic E-state index is -5.07. The summed E-state index contributed by atoms with van der Waals surface area (Å²) in [5.74, 6) is -2.62. The molecule has 0 aliphatic carbocycles. The Bertz CT molecular complexity index is 1420. The van der Waals surface area contributed by atoms with Crippen LogP contribution in [-0.4, -0.2) is 10.9 Å². The first-order valence-electron chi connectivity index (χ1n) is 11.2. The molecule has 0 saturated carbocycles. The fraction of sp³-hybridized carbons (Fsp3) is 0.143. The van der Waals surface area contributed by atoms with Gasteiger partial charge in [-0.1, -0.05) is 48.5 Å². The van der Waals surface area contributed by atoms with Gasteiger partial charge in [0, 0.05) is 18.2 Å². The molecule has 0 bridgehead atoms. The van der Waals surface area contributed by atoms with E-state index in [0.717, 1.165) is 18.2 Å². The number of hydrogen-bond acceptors (Lipinski definition) is 2. The number of pyridine rings is 1. The van der Waals surface area contributed by atoms with Crippen molar-refractivity contribution in [2.75, 3.05) is 0 Å². The molecule has 4 aromatic rings. The number of aromatic nitrogens is 1. The third kappa shape index (κ3) is 5.69. The average molecular weight is 532 g/mol. The van der Waals surface area contributed by atoms with Gasteiger partial charge in [0.25, 0.3) is 5.91 Å². The van der Waals surface area contributed by atoms with Crippen molar-refractivity contribution in [2.24, 2.45) is 0 Å². The largest absolute Gasteiger partial charge is 0.419 e. The van der Waals surface area contributed by atoms with Crippen LogP contribution in [0.4, 0.5) is 30.7 Å². The number of nitrogens with zero attached hydrogens (tertiary/aromatic N) is 1. The second-order valence-corrected chi connectivity index (χ2v) is 8.51. The fourth-order valence-electron chi connectivity index (χ4n) is 4.15. The highest BCUT2D eigenvalue weighted by molar-refractivity contribution is 5.95. The minimum Gasteiger partial charge on any atom is -0.337 e. The number of amides is 1. The van der Waals surface area contributed by atoms with E-state index in [1.807, 2.05) is 0 Å². The summed E-state index contributed by atoms with van der Waals surface area (Å²) in [5, 5.41) is 2.65. The first kappa shape index (κ1) is 26.8. The van der Waals surface area contributed by atoms with Crippen LogP contribution in [0.25, 0.3) is 0 Å². The molecule has 3 aromatic carbocycles. The highest BCUT2D eigenvalue weighted by Crippen LogP contribution is 2.37. The van der Waals surface area contributed by atoms with E-state index in [9.17, 15) is 35.5 Å². The third-order valence-electron chi connectivity index (χ3n) is 5.96. The van der Waals surface area contributed by atoms with Crippen molar-refractivity contribution in [1.29, 1.82) is 0 Å². The van der Waals surface area contributed by atoms with Crippen molar-refractivity contribution in [3.63, 3.8) is 0 Å². The fourth-order valence-corrected chi connectivity index (χ4v) is 4.15. The molecule has 38 heavy (non-hydrogen) atoms. The highest BCUT2D eigenvalue weighted by atomic mass is 19.4. The lowest BCUT2D eigenvalue weighted by atomic mass is 9.79. The SMILES string of the molecule is O=C(NC(Cc1ccccc1)(c1cccc(C(F)(F)F)c1)c1ccccn1)c1ccc(F)c(C(F)(F)F)c1. The van der Waals surface area contributed by atoms with Crippen LogP contribution in [-0.2, 0) is 24.3 Å². The van der Waals surface area contributed by atoms with Gasteiger partial charge in [0.1, 0.15) is 11.4 Å². The number of benzene rings is 3. The molecule has 3 nitrogen and oxygen atoms in total. The zero-order valence-corrected chi connectivity index (χ0v) is 19.4. The summed E-state index contributed by atoms with van der Waals surface area (Å²) >= 11 is 0. The minimum absolute atomic E-state index is 0.00128. The van der Waals surface area contributed by atoms with Gasteiger partial charge in [0.15, 0.2) is 0 Å². The van der Waals surface area contributed by atoms with Gasteiger partial charge in [-0.05, 0) is 53.6 Å². The van der Waals surface area contributed by atoms with E-state index in [0.29, 0.717) is 17.7 Å². The number of carbonyl (C=O) groups excluding carboxylic acids is 1. The monoisotopic (exact) mass is 532 g/mol. The second-order valence-electron chi connectivity index (χ2n) is 8.51. The van der Waals surface area contributed by atoms with Gasteiger partial charge in [-0.2, -0.15) is 26.3 Å². The van der Waals surface area contributed by atoms with E-state index in [4.69, 9.17) is 0 Å². The number of rotatable bonds is 6. The van der Waals surface area contributed by atoms with Crippen LogP contribution in [0.3, 0.4) is 0 Å². The second kappa shape index (κ2) is 10.3. The standard InChI is InChI=1S/C28H19F7N2O/c29-23-13-12-19(15-22(23)28(33,34)35)25(38)37-26(24-11-4-5-14-36-24,17-18-7-2-1-3-8-18)20-9-6-10-21(16-20)27(30,31)32/h1-16H,17H2,(H,37,38). The Morgan fingerprint density at radius 2 is 1.42 bits per heavy atom. The Morgan fingerprint density at radius 3 is 2.05 bits per heavy atom. The lowest BCUT2D eigenvalue weighted by Crippen LogP contribution is -2.49. The molecule has 1 atom stereocenters. The highest BCUT2D eigenvalue weighted by Gasteiger charge is 2.41. The van der Waals surface area contributed by atoms with E-state index in [1.54, 1.807) is 42.5 Å². The molecule has 1 amide bonds. The molecule has 0 radical (unpaired) electrons. The lowest BCUT2D eigenvalue weighted by Gasteiger charge is -2.36. The van der Waals surface area contributed by atoms with Crippen LogP contribution in [0.15, 0.2) is 97.2 Å². The Kier molecular flexibility index (Phi) is 7.26. The van der Waals surface area contributed by atoms with Crippen LogP contribution in [0, 0.1) is 5.82 Å². The molecule has 1 unspecified atom stereocenters. The van der Waals surface area contributed by atoms with Crippen molar-refractivity contribution >= 4 is 5.91 Å². The molecule has 1 aromatic heterocycles. The molecule has 0 fully saturated rings. The molecule has 0 aliphatic heterocycles. The Balaban J connectivity index is 1.92. The molecule has 0 aliphatic rings. The number of alkyl halides is 6. The normalized spacial score (nSPS) is 13.6. The molecule has 1 N–H and O–H groups in total. The maximum Gasteiger partial charge on any atom is 0.419 e. The van der Waals surface area contributed by atoms with Gasteiger partial charge in [-0.25, -0.2) is 4.39 Å². The number of nitrogens with one attached hydrogen (secondary N) is 1. The summed E-state index contributed by atoms with van der Waals surface area (Å²) in [6.07, 6.45) is -8.48. The topological polar surface area (TPSA) is 42.0 Å². The van der Waals surface area contributed by atoms with Crippen molar-refractivity contribution < 1.29 is 35.5 Å². The van der Waals surface area contributed by atoms with Gasteiger partial charge in [0.2, 0.25) is 0 Å². The van der Waals surface area contributed by atoms with Crippen molar-refractivity contribution in [3.05, 3.63) is 137 Å². The maximum atomic E-state index is 13.9. The maximum absolute atomic E-state index is 13.9. The Morgan fingerprint density at radius 1 is 0.737 bits per heavy atom. The Labute approximate surface area is 213 Å². The predicted molar refractivity (Wildman–Crippen MR) is 125 cm³/mol. The van der Waals surface area contributed by atoms with Gasteiger partial charge in [0.05, 0.1) is 16.8 Å². The summed E-state index contributed by atoms with van der Waals surface area (Å²) in [7, 11) is 0. The third-order valence-corrected chi connectivity index (χ3v) is 5.96. The molecule has 196 valence electrons. The van der Waals surface area contributed by atoms with Gasteiger partial charge < -0.3 is 5.32 Å². The van der Waals surface area contributed by atoms with Crippen LogP contribution in [0.2, 0.25) is 0 Å². The van der Waals surface area contributed by atoms with Crippen molar-refractivity contribution in [1.82, 2.24) is 10.3 Å². The van der Waals surface area contributed by atoms with Crippen LogP contribution in [0.5, 0.6) is 0 Å². The number of hydrogen-bond donors (Lipinski definition) is 1. The molecular formula is C28H19F7N2O. The van der Waals surface area contributed by atoms with Crippen LogP contribution < -0.4 is 5.32 Å². The molecule has 0 saturated heterocycles. The smallest absolute Gasteiger partial charge is 0.337 e.